The zero-order chi connectivity index (χ0) is 6.69. The number of ether oxygens (including phenoxy) is 1. The van der Waals surface area contributed by atoms with E-state index in [9.17, 15) is 0 Å². The molecule has 0 aliphatic carbocycles. The Balaban J connectivity index is 0.000000810. The molecule has 0 N–H and O–H groups in total. The summed E-state index contributed by atoms with van der Waals surface area (Å²) in [5, 5.41) is 0. The van der Waals surface area contributed by atoms with Gasteiger partial charge in [-0.3, -0.25) is 0 Å². The van der Waals surface area contributed by atoms with Crippen LogP contribution in [0.15, 0.2) is 24.3 Å². The summed E-state index contributed by atoms with van der Waals surface area (Å²) < 4.78 is 4.96. The van der Waals surface area contributed by atoms with Crippen LogP contribution in [0.1, 0.15) is 5.56 Å². The summed E-state index contributed by atoms with van der Waals surface area (Å²) in [7, 11) is 1.65. The third-order valence-corrected chi connectivity index (χ3v) is 1.13. The standard InChI is InChI=1S/C8H9O.K/c1-7-4-3-5-8(6-7)9-2;/h3-6H,1H2,2H3;/q-1;+1. The van der Waals surface area contributed by atoms with Crippen molar-refractivity contribution in [3.63, 3.8) is 0 Å². The van der Waals surface area contributed by atoms with Crippen LogP contribution in [0.4, 0.5) is 0 Å². The molecule has 0 atom stereocenters. The molecule has 10 heavy (non-hydrogen) atoms. The Kier molecular flexibility index (Phi) is 5.49. The monoisotopic (exact) mass is 160 g/mol. The van der Waals surface area contributed by atoms with E-state index < -0.39 is 0 Å². The smallest absolute Gasteiger partial charge is 0.510 e. The van der Waals surface area contributed by atoms with Crippen molar-refractivity contribution in [3.8, 4) is 5.75 Å². The van der Waals surface area contributed by atoms with Crippen LogP contribution in [-0.2, 0) is 0 Å². The minimum atomic E-state index is 0. The first-order valence-electron chi connectivity index (χ1n) is 2.79. The maximum atomic E-state index is 4.96. The number of rotatable bonds is 1. The van der Waals surface area contributed by atoms with Crippen molar-refractivity contribution in [3.05, 3.63) is 36.8 Å². The quantitative estimate of drug-likeness (QED) is 0.373. The van der Waals surface area contributed by atoms with Gasteiger partial charge in [-0.25, -0.2) is 0 Å². The molecular formula is C8H9KO. The first kappa shape index (κ1) is 10.5. The van der Waals surface area contributed by atoms with Crippen LogP contribution in [0.5, 0.6) is 5.75 Å². The molecule has 0 spiro atoms. The summed E-state index contributed by atoms with van der Waals surface area (Å²) in [6, 6.07) is 7.64. The normalized spacial score (nSPS) is 8.10. The van der Waals surface area contributed by atoms with E-state index in [1.54, 1.807) is 7.11 Å². The second kappa shape index (κ2) is 5.21. The van der Waals surface area contributed by atoms with Gasteiger partial charge in [-0.15, -0.1) is 12.1 Å². The van der Waals surface area contributed by atoms with Gasteiger partial charge in [-0.1, -0.05) is 0 Å². The molecule has 0 amide bonds. The molecule has 2 heteroatoms. The Morgan fingerprint density at radius 3 is 2.50 bits per heavy atom. The van der Waals surface area contributed by atoms with Gasteiger partial charge in [-0.2, -0.15) is 18.6 Å². The minimum absolute atomic E-state index is 0. The number of hydrogen-bond acceptors (Lipinski definition) is 1. The molecule has 1 aromatic rings. The topological polar surface area (TPSA) is 9.23 Å². The molecule has 0 aromatic heterocycles. The fraction of sp³-hybridized carbons (Fsp3) is 0.125. The SMILES string of the molecule is [CH2-]c1cccc(OC)c1.[K+]. The van der Waals surface area contributed by atoms with E-state index in [0.717, 1.165) is 11.3 Å². The molecule has 0 heterocycles. The van der Waals surface area contributed by atoms with Crippen LogP contribution >= 0.6 is 0 Å². The number of hydrogen-bond donors (Lipinski definition) is 0. The first-order chi connectivity index (χ1) is 4.33. The van der Waals surface area contributed by atoms with Gasteiger partial charge in [0.1, 0.15) is 0 Å². The molecule has 0 radical (unpaired) electrons. The summed E-state index contributed by atoms with van der Waals surface area (Å²) in [6.07, 6.45) is 0. The Morgan fingerprint density at radius 1 is 1.40 bits per heavy atom. The Labute approximate surface area is 104 Å². The third kappa shape index (κ3) is 3.08. The molecule has 0 saturated carbocycles. The largest absolute Gasteiger partial charge is 1.00 e. The van der Waals surface area contributed by atoms with Crippen molar-refractivity contribution < 1.29 is 56.1 Å². The second-order valence-electron chi connectivity index (χ2n) is 1.85. The maximum Gasteiger partial charge on any atom is 1.00 e. The van der Waals surface area contributed by atoms with Crippen LogP contribution in [0.2, 0.25) is 0 Å². The van der Waals surface area contributed by atoms with E-state index in [-0.39, 0.29) is 51.4 Å². The van der Waals surface area contributed by atoms with Crippen LogP contribution in [0.25, 0.3) is 0 Å². The number of benzene rings is 1. The van der Waals surface area contributed by atoms with Crippen molar-refractivity contribution in [2.24, 2.45) is 0 Å². The minimum Gasteiger partial charge on any atom is -0.510 e. The Hall–Kier alpha value is 0.526. The average molecular weight is 160 g/mol. The molecule has 1 nitrogen and oxygen atoms in total. The van der Waals surface area contributed by atoms with Gasteiger partial charge in [-0.05, 0) is 6.07 Å². The second-order valence-corrected chi connectivity index (χ2v) is 1.85. The van der Waals surface area contributed by atoms with E-state index in [1.165, 1.54) is 0 Å². The number of methoxy groups -OCH3 is 1. The molecule has 0 aliphatic heterocycles. The van der Waals surface area contributed by atoms with E-state index >= 15 is 0 Å². The van der Waals surface area contributed by atoms with Gasteiger partial charge in [0.15, 0.2) is 0 Å². The maximum absolute atomic E-state index is 4.96. The molecule has 0 fully saturated rings. The van der Waals surface area contributed by atoms with E-state index in [4.69, 9.17) is 4.74 Å². The molecule has 0 saturated heterocycles. The van der Waals surface area contributed by atoms with Crippen molar-refractivity contribution in [2.45, 2.75) is 0 Å². The van der Waals surface area contributed by atoms with Crippen molar-refractivity contribution in [1.29, 1.82) is 0 Å². The summed E-state index contributed by atoms with van der Waals surface area (Å²) in [5.41, 5.74) is 0.981. The summed E-state index contributed by atoms with van der Waals surface area (Å²) in [5.74, 6) is 0.863. The summed E-state index contributed by atoms with van der Waals surface area (Å²) >= 11 is 0. The van der Waals surface area contributed by atoms with Crippen molar-refractivity contribution in [1.82, 2.24) is 0 Å². The molecule has 1 rings (SSSR count). The average Bonchev–Trinajstić information content (AvgIpc) is 1.88. The zero-order valence-electron chi connectivity index (χ0n) is 6.42. The Bertz CT molecular complexity index is 198. The van der Waals surface area contributed by atoms with Crippen LogP contribution in [0.3, 0.4) is 0 Å². The van der Waals surface area contributed by atoms with Crippen LogP contribution in [-0.4, -0.2) is 7.11 Å². The summed E-state index contributed by atoms with van der Waals surface area (Å²) in [6.45, 7) is 3.75. The van der Waals surface area contributed by atoms with Crippen LogP contribution in [0, 0.1) is 6.92 Å². The molecule has 0 bridgehead atoms. The van der Waals surface area contributed by atoms with E-state index in [1.807, 2.05) is 24.3 Å². The predicted octanol–water partition coefficient (Wildman–Crippen LogP) is -1.12. The fourth-order valence-electron chi connectivity index (χ4n) is 0.672. The van der Waals surface area contributed by atoms with Crippen LogP contribution < -0.4 is 56.1 Å². The van der Waals surface area contributed by atoms with Gasteiger partial charge in [0, 0.05) is 0 Å². The molecule has 0 unspecified atom stereocenters. The molecule has 1 aromatic carbocycles. The zero-order valence-corrected chi connectivity index (χ0v) is 9.55. The van der Waals surface area contributed by atoms with E-state index in [2.05, 4.69) is 6.92 Å². The molecule has 48 valence electrons. The van der Waals surface area contributed by atoms with Gasteiger partial charge in [0.05, 0.1) is 12.9 Å². The first-order valence-corrected chi connectivity index (χ1v) is 2.79. The van der Waals surface area contributed by atoms with Gasteiger partial charge in [0.2, 0.25) is 0 Å². The molecular weight excluding hydrogens is 151 g/mol. The fourth-order valence-corrected chi connectivity index (χ4v) is 0.672. The third-order valence-electron chi connectivity index (χ3n) is 1.13. The Morgan fingerprint density at radius 2 is 2.10 bits per heavy atom. The van der Waals surface area contributed by atoms with Crippen molar-refractivity contribution in [2.75, 3.05) is 7.11 Å². The van der Waals surface area contributed by atoms with Gasteiger partial charge < -0.3 is 4.74 Å². The predicted molar refractivity (Wildman–Crippen MR) is 37.5 cm³/mol. The van der Waals surface area contributed by atoms with Gasteiger partial charge in [0.25, 0.3) is 0 Å². The van der Waals surface area contributed by atoms with Gasteiger partial charge >= 0.3 is 51.4 Å². The van der Waals surface area contributed by atoms with Crippen molar-refractivity contribution >= 4 is 0 Å². The van der Waals surface area contributed by atoms with E-state index in [0.29, 0.717) is 0 Å². The summed E-state index contributed by atoms with van der Waals surface area (Å²) in [4.78, 5) is 0. The molecule has 0 aliphatic rings.